The van der Waals surface area contributed by atoms with E-state index in [0.717, 1.165) is 12.8 Å². The first kappa shape index (κ1) is 19.4. The highest BCUT2D eigenvalue weighted by Crippen LogP contribution is 2.23. The lowest BCUT2D eigenvalue weighted by Gasteiger charge is -2.23. The van der Waals surface area contributed by atoms with Gasteiger partial charge in [-0.15, -0.1) is 0 Å². The summed E-state index contributed by atoms with van der Waals surface area (Å²) in [6.07, 6.45) is 1.97. The SMILES string of the molecule is CC(C(=O)O)C(NC(=O)c1cccc(NC(=O)NC2CC2)c1)c1ccccc1. The Morgan fingerprint density at radius 2 is 1.75 bits per heavy atom. The fraction of sp³-hybridized carbons (Fsp3) is 0.286. The Balaban J connectivity index is 1.73. The van der Waals surface area contributed by atoms with E-state index >= 15 is 0 Å². The first-order chi connectivity index (χ1) is 13.4. The van der Waals surface area contributed by atoms with Crippen LogP contribution >= 0.6 is 0 Å². The molecule has 0 aliphatic heterocycles. The maximum Gasteiger partial charge on any atom is 0.319 e. The zero-order valence-corrected chi connectivity index (χ0v) is 15.5. The molecule has 0 bridgehead atoms. The third kappa shape index (κ3) is 5.09. The third-order valence-electron chi connectivity index (χ3n) is 4.63. The molecule has 1 saturated carbocycles. The standard InChI is InChI=1S/C21H23N3O4/c1-13(20(26)27)18(14-6-3-2-4-7-14)24-19(25)15-8-5-9-17(12-15)23-21(28)22-16-10-11-16/h2-9,12-13,16,18H,10-11H2,1H3,(H,24,25)(H,26,27)(H2,22,23,28). The van der Waals surface area contributed by atoms with Crippen LogP contribution < -0.4 is 16.0 Å². The van der Waals surface area contributed by atoms with Crippen molar-refractivity contribution < 1.29 is 19.5 Å². The minimum atomic E-state index is -0.999. The van der Waals surface area contributed by atoms with Gasteiger partial charge in [0, 0.05) is 17.3 Å². The van der Waals surface area contributed by atoms with Crippen LogP contribution in [0.2, 0.25) is 0 Å². The first-order valence-electron chi connectivity index (χ1n) is 9.20. The molecule has 2 unspecified atom stereocenters. The minimum absolute atomic E-state index is 0.232. The first-order valence-corrected chi connectivity index (χ1v) is 9.20. The van der Waals surface area contributed by atoms with Gasteiger partial charge in [0.25, 0.3) is 5.91 Å². The van der Waals surface area contributed by atoms with Crippen LogP contribution in [0.15, 0.2) is 54.6 Å². The quantitative estimate of drug-likeness (QED) is 0.591. The summed E-state index contributed by atoms with van der Waals surface area (Å²) in [5.41, 5.74) is 1.54. The van der Waals surface area contributed by atoms with E-state index < -0.39 is 23.8 Å². The second kappa shape index (κ2) is 8.56. The van der Waals surface area contributed by atoms with E-state index in [2.05, 4.69) is 16.0 Å². The summed E-state index contributed by atoms with van der Waals surface area (Å²) >= 11 is 0. The number of nitrogens with one attached hydrogen (secondary N) is 3. The maximum absolute atomic E-state index is 12.7. The van der Waals surface area contributed by atoms with Crippen LogP contribution in [-0.2, 0) is 4.79 Å². The average Bonchev–Trinajstić information content (AvgIpc) is 3.50. The molecule has 1 aliphatic carbocycles. The van der Waals surface area contributed by atoms with Crippen molar-refractivity contribution in [2.24, 2.45) is 5.92 Å². The molecule has 146 valence electrons. The molecule has 28 heavy (non-hydrogen) atoms. The normalized spacial score (nSPS) is 15.2. The Kier molecular flexibility index (Phi) is 5.93. The van der Waals surface area contributed by atoms with E-state index in [9.17, 15) is 19.5 Å². The number of hydrogen-bond acceptors (Lipinski definition) is 3. The molecule has 7 nitrogen and oxygen atoms in total. The monoisotopic (exact) mass is 381 g/mol. The second-order valence-corrected chi connectivity index (χ2v) is 6.94. The van der Waals surface area contributed by atoms with Crippen molar-refractivity contribution in [1.29, 1.82) is 0 Å². The van der Waals surface area contributed by atoms with Crippen molar-refractivity contribution in [1.82, 2.24) is 10.6 Å². The van der Waals surface area contributed by atoms with Crippen molar-refractivity contribution in [2.45, 2.75) is 31.8 Å². The summed E-state index contributed by atoms with van der Waals surface area (Å²) in [6.45, 7) is 1.56. The summed E-state index contributed by atoms with van der Waals surface area (Å²) in [7, 11) is 0. The van der Waals surface area contributed by atoms with E-state index in [1.54, 1.807) is 55.5 Å². The lowest BCUT2D eigenvalue weighted by molar-refractivity contribution is -0.142. The van der Waals surface area contributed by atoms with Crippen LogP contribution in [0.3, 0.4) is 0 Å². The number of amides is 3. The van der Waals surface area contributed by atoms with Gasteiger partial charge >= 0.3 is 12.0 Å². The number of anilines is 1. The van der Waals surface area contributed by atoms with Crippen LogP contribution in [0.25, 0.3) is 0 Å². The molecule has 3 amide bonds. The molecule has 3 rings (SSSR count). The van der Waals surface area contributed by atoms with Gasteiger partial charge in [0.2, 0.25) is 0 Å². The summed E-state index contributed by atoms with van der Waals surface area (Å²) in [5.74, 6) is -2.22. The Morgan fingerprint density at radius 3 is 2.39 bits per heavy atom. The van der Waals surface area contributed by atoms with Crippen LogP contribution in [0.1, 0.15) is 41.7 Å². The molecular formula is C21H23N3O4. The lowest BCUT2D eigenvalue weighted by atomic mass is 9.94. The summed E-state index contributed by atoms with van der Waals surface area (Å²) in [6, 6.07) is 14.8. The van der Waals surface area contributed by atoms with Gasteiger partial charge in [-0.25, -0.2) is 4.79 Å². The summed E-state index contributed by atoms with van der Waals surface area (Å²) < 4.78 is 0. The molecular weight excluding hydrogens is 358 g/mol. The van der Waals surface area contributed by atoms with Gasteiger partial charge < -0.3 is 21.1 Å². The number of urea groups is 1. The molecule has 1 fully saturated rings. The number of carboxylic acid groups (broad SMARTS) is 1. The van der Waals surface area contributed by atoms with Crippen LogP contribution in [0.5, 0.6) is 0 Å². The number of carbonyl (C=O) groups is 3. The predicted octanol–water partition coefficient (Wildman–Crippen LogP) is 3.16. The van der Waals surface area contributed by atoms with Gasteiger partial charge in [-0.05, 0) is 43.5 Å². The van der Waals surface area contributed by atoms with Crippen molar-refractivity contribution in [3.8, 4) is 0 Å². The van der Waals surface area contributed by atoms with Crippen LogP contribution in [-0.4, -0.2) is 29.1 Å². The lowest BCUT2D eigenvalue weighted by Crippen LogP contribution is -2.35. The summed E-state index contributed by atoms with van der Waals surface area (Å²) in [4.78, 5) is 36.1. The van der Waals surface area contributed by atoms with Crippen molar-refractivity contribution in [3.63, 3.8) is 0 Å². The second-order valence-electron chi connectivity index (χ2n) is 6.94. The molecule has 1 aliphatic rings. The highest BCUT2D eigenvalue weighted by Gasteiger charge is 2.27. The fourth-order valence-electron chi connectivity index (χ4n) is 2.84. The number of benzene rings is 2. The van der Waals surface area contributed by atoms with Gasteiger partial charge in [0.15, 0.2) is 0 Å². The van der Waals surface area contributed by atoms with Gasteiger partial charge in [-0.3, -0.25) is 9.59 Å². The molecule has 7 heteroatoms. The third-order valence-corrected chi connectivity index (χ3v) is 4.63. The Morgan fingerprint density at radius 1 is 1.04 bits per heavy atom. The molecule has 2 aromatic rings. The Bertz CT molecular complexity index is 865. The van der Waals surface area contributed by atoms with Crippen molar-refractivity contribution in [3.05, 3.63) is 65.7 Å². The average molecular weight is 381 g/mol. The molecule has 0 aromatic heterocycles. The minimum Gasteiger partial charge on any atom is -0.481 e. The predicted molar refractivity (Wildman–Crippen MR) is 105 cm³/mol. The number of carbonyl (C=O) groups excluding carboxylic acids is 2. The smallest absolute Gasteiger partial charge is 0.319 e. The van der Waals surface area contributed by atoms with Gasteiger partial charge in [0.05, 0.1) is 12.0 Å². The molecule has 0 heterocycles. The summed E-state index contributed by atoms with van der Waals surface area (Å²) in [5, 5.41) is 17.7. The largest absolute Gasteiger partial charge is 0.481 e. The van der Waals surface area contributed by atoms with E-state index in [1.807, 2.05) is 6.07 Å². The van der Waals surface area contributed by atoms with E-state index in [1.165, 1.54) is 0 Å². The molecule has 2 aromatic carbocycles. The van der Waals surface area contributed by atoms with E-state index in [0.29, 0.717) is 16.8 Å². The molecule has 2 atom stereocenters. The van der Waals surface area contributed by atoms with Crippen LogP contribution in [0.4, 0.5) is 10.5 Å². The van der Waals surface area contributed by atoms with Gasteiger partial charge in [-0.2, -0.15) is 0 Å². The van der Waals surface area contributed by atoms with Crippen LogP contribution in [0, 0.1) is 5.92 Å². The maximum atomic E-state index is 12.7. The Labute approximate surface area is 163 Å². The topological polar surface area (TPSA) is 108 Å². The number of aliphatic carboxylic acids is 1. The van der Waals surface area contributed by atoms with Gasteiger partial charge in [0.1, 0.15) is 0 Å². The fourth-order valence-corrected chi connectivity index (χ4v) is 2.84. The zero-order valence-electron chi connectivity index (χ0n) is 15.5. The molecule has 4 N–H and O–H groups in total. The van der Waals surface area contributed by atoms with Crippen molar-refractivity contribution in [2.75, 3.05) is 5.32 Å². The molecule has 0 saturated heterocycles. The number of carboxylic acids is 1. The number of rotatable bonds is 7. The zero-order chi connectivity index (χ0) is 20.1. The highest BCUT2D eigenvalue weighted by molar-refractivity contribution is 5.97. The molecule has 0 spiro atoms. The highest BCUT2D eigenvalue weighted by atomic mass is 16.4. The van der Waals surface area contributed by atoms with Crippen molar-refractivity contribution >= 4 is 23.6 Å². The molecule has 0 radical (unpaired) electrons. The van der Waals surface area contributed by atoms with E-state index in [-0.39, 0.29) is 12.1 Å². The van der Waals surface area contributed by atoms with E-state index in [4.69, 9.17) is 0 Å². The van der Waals surface area contributed by atoms with Gasteiger partial charge in [-0.1, -0.05) is 36.4 Å². The number of hydrogen-bond donors (Lipinski definition) is 4. The Hall–Kier alpha value is -3.35.